The number of carbonyl (C=O) groups excluding carboxylic acids is 1. The van der Waals surface area contributed by atoms with Crippen molar-refractivity contribution in [3.8, 4) is 5.75 Å². The minimum atomic E-state index is -0.654. The van der Waals surface area contributed by atoms with Gasteiger partial charge in [0, 0.05) is 6.42 Å². The summed E-state index contributed by atoms with van der Waals surface area (Å²) >= 11 is 0. The summed E-state index contributed by atoms with van der Waals surface area (Å²) < 4.78 is 18.9. The Bertz CT molecular complexity index is 497. The highest BCUT2D eigenvalue weighted by molar-refractivity contribution is 5.98. The van der Waals surface area contributed by atoms with Crippen LogP contribution < -0.4 is 10.1 Å². The number of quaternary nitrogens is 1. The van der Waals surface area contributed by atoms with Gasteiger partial charge in [-0.1, -0.05) is 6.92 Å². The van der Waals surface area contributed by atoms with E-state index in [-0.39, 0.29) is 23.5 Å². The lowest BCUT2D eigenvalue weighted by atomic mass is 10.1. The fraction of sp³-hybridized carbons (Fsp3) is 0.588. The standard InChI is InChI=1S/C17H26FNO3/c1-5-6-15(21)14-9-12(18)7-8-16(14)22-11-13(20)10-19-17(2,3)4/h7-9,13,19-20H,5-6,10-11H2,1-4H3/p+1/t13-/m0/s1. The fourth-order valence-electron chi connectivity index (χ4n) is 1.95. The number of hydrogen-bond acceptors (Lipinski definition) is 3. The molecule has 0 spiro atoms. The average molecular weight is 312 g/mol. The summed E-state index contributed by atoms with van der Waals surface area (Å²) in [6, 6.07) is 3.89. The number of aliphatic hydroxyl groups excluding tert-OH is 1. The molecule has 124 valence electrons. The van der Waals surface area contributed by atoms with E-state index in [1.807, 2.05) is 12.2 Å². The van der Waals surface area contributed by atoms with Gasteiger partial charge in [0.05, 0.1) is 11.1 Å². The molecule has 0 aliphatic carbocycles. The van der Waals surface area contributed by atoms with Crippen LogP contribution in [0.2, 0.25) is 0 Å². The zero-order valence-corrected chi connectivity index (χ0v) is 13.9. The molecule has 1 rings (SSSR count). The Hall–Kier alpha value is -1.46. The van der Waals surface area contributed by atoms with Gasteiger partial charge >= 0.3 is 0 Å². The van der Waals surface area contributed by atoms with Crippen LogP contribution in [0.5, 0.6) is 5.75 Å². The van der Waals surface area contributed by atoms with Crippen molar-refractivity contribution in [3.63, 3.8) is 0 Å². The third-order valence-corrected chi connectivity index (χ3v) is 3.15. The van der Waals surface area contributed by atoms with Crippen LogP contribution in [0.25, 0.3) is 0 Å². The number of Topliss-reactive ketones (excluding diaryl/α,β-unsaturated/α-hetero) is 1. The molecule has 4 nitrogen and oxygen atoms in total. The minimum Gasteiger partial charge on any atom is -0.490 e. The summed E-state index contributed by atoms with van der Waals surface area (Å²) in [6.45, 7) is 8.64. The van der Waals surface area contributed by atoms with Crippen LogP contribution in [0, 0.1) is 5.82 Å². The van der Waals surface area contributed by atoms with Crippen molar-refractivity contribution >= 4 is 5.78 Å². The second-order valence-electron chi connectivity index (χ2n) is 6.58. The molecule has 0 saturated carbocycles. The summed E-state index contributed by atoms with van der Waals surface area (Å²) in [5.74, 6) is -0.282. The third-order valence-electron chi connectivity index (χ3n) is 3.15. The van der Waals surface area contributed by atoms with Crippen molar-refractivity contribution in [2.45, 2.75) is 52.2 Å². The van der Waals surface area contributed by atoms with E-state index in [1.165, 1.54) is 18.2 Å². The maximum absolute atomic E-state index is 13.3. The number of rotatable bonds is 8. The van der Waals surface area contributed by atoms with E-state index in [2.05, 4.69) is 20.8 Å². The van der Waals surface area contributed by atoms with Gasteiger partial charge in [-0.2, -0.15) is 0 Å². The molecule has 3 N–H and O–H groups in total. The predicted octanol–water partition coefficient (Wildman–Crippen LogP) is 1.91. The van der Waals surface area contributed by atoms with Crippen LogP contribution in [0.4, 0.5) is 4.39 Å². The van der Waals surface area contributed by atoms with Gasteiger partial charge in [-0.25, -0.2) is 4.39 Å². The zero-order chi connectivity index (χ0) is 16.8. The number of ether oxygens (including phenoxy) is 1. The molecule has 0 aliphatic rings. The third kappa shape index (κ3) is 6.54. The average Bonchev–Trinajstić information content (AvgIpc) is 2.43. The summed E-state index contributed by atoms with van der Waals surface area (Å²) in [6.07, 6.45) is 0.386. The molecule has 0 bridgehead atoms. The first-order chi connectivity index (χ1) is 10.2. The molecule has 1 atom stereocenters. The van der Waals surface area contributed by atoms with Crippen molar-refractivity contribution in [3.05, 3.63) is 29.6 Å². The molecule has 0 unspecified atom stereocenters. The van der Waals surface area contributed by atoms with Gasteiger partial charge in [0.25, 0.3) is 0 Å². The number of aliphatic hydroxyl groups is 1. The van der Waals surface area contributed by atoms with E-state index in [0.29, 0.717) is 25.1 Å². The lowest BCUT2D eigenvalue weighted by molar-refractivity contribution is -0.722. The van der Waals surface area contributed by atoms with Gasteiger partial charge in [-0.3, -0.25) is 4.79 Å². The summed E-state index contributed by atoms with van der Waals surface area (Å²) in [5, 5.41) is 12.0. The largest absolute Gasteiger partial charge is 0.490 e. The number of halogens is 1. The SMILES string of the molecule is CCCC(=O)c1cc(F)ccc1OC[C@@H](O)C[NH2+]C(C)(C)C. The second kappa shape index (κ2) is 8.25. The Balaban J connectivity index is 2.67. The monoisotopic (exact) mass is 312 g/mol. The maximum atomic E-state index is 13.3. The summed E-state index contributed by atoms with van der Waals surface area (Å²) in [5.41, 5.74) is 0.271. The first-order valence-corrected chi connectivity index (χ1v) is 7.71. The van der Waals surface area contributed by atoms with E-state index in [4.69, 9.17) is 4.74 Å². The molecule has 1 aromatic carbocycles. The van der Waals surface area contributed by atoms with Crippen LogP contribution in [0.1, 0.15) is 50.9 Å². The second-order valence-corrected chi connectivity index (χ2v) is 6.58. The summed E-state index contributed by atoms with van der Waals surface area (Å²) in [7, 11) is 0. The molecule has 1 aromatic rings. The van der Waals surface area contributed by atoms with E-state index in [1.54, 1.807) is 0 Å². The molecule has 0 saturated heterocycles. The van der Waals surface area contributed by atoms with Crippen molar-refractivity contribution in [2.75, 3.05) is 13.2 Å². The normalized spacial score (nSPS) is 13.0. The smallest absolute Gasteiger partial charge is 0.166 e. The quantitative estimate of drug-likeness (QED) is 0.721. The molecule has 0 aromatic heterocycles. The Morgan fingerprint density at radius 3 is 2.68 bits per heavy atom. The molecular formula is C17H27FNO3+. The molecule has 0 amide bonds. The number of hydrogen-bond donors (Lipinski definition) is 2. The van der Waals surface area contributed by atoms with Crippen LogP contribution in [-0.2, 0) is 0 Å². The lowest BCUT2D eigenvalue weighted by Gasteiger charge is -2.20. The van der Waals surface area contributed by atoms with Crippen molar-refractivity contribution < 1.29 is 24.3 Å². The molecule has 0 aliphatic heterocycles. The highest BCUT2D eigenvalue weighted by atomic mass is 19.1. The fourth-order valence-corrected chi connectivity index (χ4v) is 1.95. The maximum Gasteiger partial charge on any atom is 0.166 e. The van der Waals surface area contributed by atoms with Crippen LogP contribution in [0.3, 0.4) is 0 Å². The van der Waals surface area contributed by atoms with Crippen LogP contribution >= 0.6 is 0 Å². The zero-order valence-electron chi connectivity index (χ0n) is 13.9. The van der Waals surface area contributed by atoms with E-state index in [9.17, 15) is 14.3 Å². The summed E-state index contributed by atoms with van der Waals surface area (Å²) in [4.78, 5) is 12.0. The molecule has 0 radical (unpaired) electrons. The number of ketones is 1. The molecule has 5 heteroatoms. The molecule has 0 fully saturated rings. The Labute approximate surface area is 131 Å². The topological polar surface area (TPSA) is 63.1 Å². The van der Waals surface area contributed by atoms with Gasteiger partial charge in [0.15, 0.2) is 5.78 Å². The predicted molar refractivity (Wildman–Crippen MR) is 83.7 cm³/mol. The van der Waals surface area contributed by atoms with Crippen LogP contribution in [-0.4, -0.2) is 35.7 Å². The number of benzene rings is 1. The van der Waals surface area contributed by atoms with Gasteiger partial charge in [0.2, 0.25) is 0 Å². The molecular weight excluding hydrogens is 285 g/mol. The van der Waals surface area contributed by atoms with Crippen molar-refractivity contribution in [1.29, 1.82) is 0 Å². The van der Waals surface area contributed by atoms with Gasteiger partial charge in [0.1, 0.15) is 30.8 Å². The van der Waals surface area contributed by atoms with E-state index in [0.717, 1.165) is 0 Å². The van der Waals surface area contributed by atoms with E-state index < -0.39 is 11.9 Å². The highest BCUT2D eigenvalue weighted by Gasteiger charge is 2.18. The minimum absolute atomic E-state index is 0.0269. The first kappa shape index (κ1) is 18.6. The number of nitrogens with two attached hydrogens (primary N) is 1. The van der Waals surface area contributed by atoms with Gasteiger partial charge < -0.3 is 15.2 Å². The van der Waals surface area contributed by atoms with Crippen LogP contribution in [0.15, 0.2) is 18.2 Å². The van der Waals surface area contributed by atoms with Gasteiger partial charge in [-0.05, 0) is 45.4 Å². The van der Waals surface area contributed by atoms with Gasteiger partial charge in [-0.15, -0.1) is 0 Å². The lowest BCUT2D eigenvalue weighted by Crippen LogP contribution is -2.96. The highest BCUT2D eigenvalue weighted by Crippen LogP contribution is 2.22. The molecule has 22 heavy (non-hydrogen) atoms. The van der Waals surface area contributed by atoms with Crippen molar-refractivity contribution in [2.24, 2.45) is 0 Å². The van der Waals surface area contributed by atoms with E-state index >= 15 is 0 Å². The Morgan fingerprint density at radius 2 is 2.09 bits per heavy atom. The Morgan fingerprint density at radius 1 is 1.41 bits per heavy atom. The Kier molecular flexibility index (Phi) is 6.97. The number of carbonyl (C=O) groups is 1. The molecule has 0 heterocycles. The first-order valence-electron chi connectivity index (χ1n) is 7.71. The van der Waals surface area contributed by atoms with Crippen molar-refractivity contribution in [1.82, 2.24) is 0 Å².